The van der Waals surface area contributed by atoms with Gasteiger partial charge in [-0.3, -0.25) is 4.98 Å². The summed E-state index contributed by atoms with van der Waals surface area (Å²) in [6.45, 7) is 0. The van der Waals surface area contributed by atoms with Gasteiger partial charge in [-0.2, -0.15) is 0 Å². The molecule has 2 aliphatic rings. The molecule has 0 saturated heterocycles. The second-order valence-electron chi connectivity index (χ2n) is 16.9. The van der Waals surface area contributed by atoms with Crippen LogP contribution in [0, 0.1) is 0 Å². The Morgan fingerprint density at radius 1 is 0.303 bits per heavy atom. The van der Waals surface area contributed by atoms with E-state index in [4.69, 9.17) is 24.7 Å². The second kappa shape index (κ2) is 15.2. The van der Waals surface area contributed by atoms with Crippen molar-refractivity contribution in [3.63, 3.8) is 0 Å². The highest BCUT2D eigenvalue weighted by Crippen LogP contribution is 2.62. The van der Waals surface area contributed by atoms with Crippen molar-refractivity contribution in [3.8, 4) is 90.2 Å². The standard InChI is InChI=1S/C61H38N4O/c1-3-15-39(16-4-1)42-20-11-22-46(35-42)59-63-58(41-17-5-2-6-18-41)64-60(65-59)47-23-12-21-43(36-47)44-30-32-51-49(37-44)50-38-45(48-25-13-19-40-24-14-34-62-57(40)48)31-33-52(50)61(51)53-26-7-9-28-55(53)66-56-29-10-8-27-54(56)61/h1-38H. The van der Waals surface area contributed by atoms with Gasteiger partial charge in [-0.1, -0.05) is 182 Å². The van der Waals surface area contributed by atoms with Gasteiger partial charge in [-0.05, 0) is 92.5 Å². The zero-order valence-corrected chi connectivity index (χ0v) is 35.6. The zero-order valence-electron chi connectivity index (χ0n) is 35.6. The Kier molecular flexibility index (Phi) is 8.68. The van der Waals surface area contributed by atoms with Crippen molar-refractivity contribution in [2.24, 2.45) is 0 Å². The van der Waals surface area contributed by atoms with Crippen LogP contribution >= 0.6 is 0 Å². The molecule has 0 saturated carbocycles. The summed E-state index contributed by atoms with van der Waals surface area (Å²) in [6.07, 6.45) is 1.88. The van der Waals surface area contributed by atoms with Crippen LogP contribution in [-0.2, 0) is 5.41 Å². The van der Waals surface area contributed by atoms with Crippen LogP contribution in [0.2, 0.25) is 0 Å². The number of para-hydroxylation sites is 3. The van der Waals surface area contributed by atoms with E-state index in [-0.39, 0.29) is 0 Å². The maximum Gasteiger partial charge on any atom is 0.164 e. The number of hydrogen-bond donors (Lipinski definition) is 0. The summed E-state index contributed by atoms with van der Waals surface area (Å²) in [5, 5.41) is 1.11. The maximum absolute atomic E-state index is 6.66. The molecular weight excluding hydrogens is 805 g/mol. The average molecular weight is 843 g/mol. The molecule has 2 aromatic heterocycles. The second-order valence-corrected chi connectivity index (χ2v) is 16.9. The summed E-state index contributed by atoms with van der Waals surface area (Å²) < 4.78 is 6.66. The minimum absolute atomic E-state index is 0.598. The normalized spacial score (nSPS) is 12.8. The minimum Gasteiger partial charge on any atom is -0.457 e. The third-order valence-electron chi connectivity index (χ3n) is 13.2. The molecule has 0 N–H and O–H groups in total. The molecule has 0 bridgehead atoms. The Labute approximate surface area is 382 Å². The first kappa shape index (κ1) is 37.7. The first-order valence-corrected chi connectivity index (χ1v) is 22.3. The van der Waals surface area contributed by atoms with E-state index in [2.05, 4.69) is 182 Å². The van der Waals surface area contributed by atoms with E-state index in [1.165, 1.54) is 22.3 Å². The van der Waals surface area contributed by atoms with Gasteiger partial charge in [-0.25, -0.2) is 15.0 Å². The Bertz CT molecular complexity index is 3650. The van der Waals surface area contributed by atoms with E-state index in [0.717, 1.165) is 83.6 Å². The fraction of sp³-hybridized carbons (Fsp3) is 0.0164. The lowest BCUT2D eigenvalue weighted by molar-refractivity contribution is 0.436. The fourth-order valence-electron chi connectivity index (χ4n) is 10.2. The van der Waals surface area contributed by atoms with E-state index in [9.17, 15) is 0 Å². The molecule has 0 fully saturated rings. The minimum atomic E-state index is -0.598. The predicted octanol–water partition coefficient (Wildman–Crippen LogP) is 14.9. The van der Waals surface area contributed by atoms with Crippen molar-refractivity contribution in [1.29, 1.82) is 0 Å². The van der Waals surface area contributed by atoms with Gasteiger partial charge in [0.25, 0.3) is 0 Å². The Hall–Kier alpha value is -8.80. The summed E-state index contributed by atoms with van der Waals surface area (Å²) >= 11 is 0. The molecule has 0 atom stereocenters. The van der Waals surface area contributed by atoms with Crippen molar-refractivity contribution in [1.82, 2.24) is 19.9 Å². The first-order chi connectivity index (χ1) is 32.7. The van der Waals surface area contributed by atoms with Gasteiger partial charge in [0, 0.05) is 45.0 Å². The van der Waals surface area contributed by atoms with Crippen LogP contribution < -0.4 is 4.74 Å². The molecule has 5 nitrogen and oxygen atoms in total. The van der Waals surface area contributed by atoms with Gasteiger partial charge in [0.15, 0.2) is 17.5 Å². The quantitative estimate of drug-likeness (QED) is 0.167. The molecule has 1 aliphatic heterocycles. The summed E-state index contributed by atoms with van der Waals surface area (Å²) in [6, 6.07) is 79.1. The highest BCUT2D eigenvalue weighted by Gasteiger charge is 2.51. The summed E-state index contributed by atoms with van der Waals surface area (Å²) in [7, 11) is 0. The van der Waals surface area contributed by atoms with E-state index < -0.39 is 5.41 Å². The van der Waals surface area contributed by atoms with Gasteiger partial charge < -0.3 is 4.74 Å². The van der Waals surface area contributed by atoms with Gasteiger partial charge in [0.1, 0.15) is 11.5 Å². The van der Waals surface area contributed by atoms with Crippen LogP contribution in [0.1, 0.15) is 22.3 Å². The lowest BCUT2D eigenvalue weighted by Gasteiger charge is -2.39. The van der Waals surface area contributed by atoms with Crippen LogP contribution in [0.25, 0.3) is 89.6 Å². The highest BCUT2D eigenvalue weighted by molar-refractivity contribution is 5.97. The number of fused-ring (bicyclic) bond motifs is 10. The fourth-order valence-corrected chi connectivity index (χ4v) is 10.2. The molecule has 1 spiro atoms. The van der Waals surface area contributed by atoms with E-state index in [0.29, 0.717) is 17.5 Å². The number of benzene rings is 9. The number of aromatic nitrogens is 4. The molecule has 0 radical (unpaired) electrons. The van der Waals surface area contributed by atoms with Gasteiger partial charge >= 0.3 is 0 Å². The SMILES string of the molecule is c1ccc(-c2cccc(-c3nc(-c4ccccc4)nc(-c4cccc(-c5ccc6c(c5)-c5cc(-c7cccc8cccnc78)ccc5C65c6ccccc6Oc6ccccc65)c4)n3)c2)cc1. The lowest BCUT2D eigenvalue weighted by Crippen LogP contribution is -2.32. The molecular formula is C61H38N4O. The smallest absolute Gasteiger partial charge is 0.164 e. The van der Waals surface area contributed by atoms with Gasteiger partial charge in [-0.15, -0.1) is 0 Å². The molecule has 0 unspecified atom stereocenters. The van der Waals surface area contributed by atoms with Crippen LogP contribution in [0.5, 0.6) is 11.5 Å². The lowest BCUT2D eigenvalue weighted by atomic mass is 9.66. The average Bonchev–Trinajstić information content (AvgIpc) is 3.68. The predicted molar refractivity (Wildman–Crippen MR) is 265 cm³/mol. The van der Waals surface area contributed by atoms with Crippen LogP contribution in [-0.4, -0.2) is 19.9 Å². The van der Waals surface area contributed by atoms with Crippen LogP contribution in [0.4, 0.5) is 0 Å². The molecule has 13 rings (SSSR count). The molecule has 0 amide bonds. The molecule has 66 heavy (non-hydrogen) atoms. The molecule has 308 valence electrons. The van der Waals surface area contributed by atoms with Crippen molar-refractivity contribution < 1.29 is 4.74 Å². The molecule has 11 aromatic rings. The largest absolute Gasteiger partial charge is 0.457 e. The zero-order chi connectivity index (χ0) is 43.6. The first-order valence-electron chi connectivity index (χ1n) is 22.3. The van der Waals surface area contributed by atoms with Crippen molar-refractivity contribution >= 4 is 10.9 Å². The van der Waals surface area contributed by atoms with E-state index in [1.54, 1.807) is 0 Å². The molecule has 3 heterocycles. The maximum atomic E-state index is 6.66. The summed E-state index contributed by atoms with van der Waals surface area (Å²) in [5.74, 6) is 3.59. The number of hydrogen-bond acceptors (Lipinski definition) is 5. The van der Waals surface area contributed by atoms with Gasteiger partial charge in [0.05, 0.1) is 10.9 Å². The topological polar surface area (TPSA) is 60.8 Å². The Balaban J connectivity index is 0.986. The summed E-state index contributed by atoms with van der Waals surface area (Å²) in [4.78, 5) is 20.2. The number of nitrogens with zero attached hydrogens (tertiary/aromatic N) is 4. The number of ether oxygens (including phenoxy) is 1. The van der Waals surface area contributed by atoms with Crippen molar-refractivity contribution in [2.45, 2.75) is 5.41 Å². The van der Waals surface area contributed by atoms with Gasteiger partial charge in [0.2, 0.25) is 0 Å². The third-order valence-corrected chi connectivity index (χ3v) is 13.2. The van der Waals surface area contributed by atoms with Crippen molar-refractivity contribution in [3.05, 3.63) is 253 Å². The molecule has 9 aromatic carbocycles. The van der Waals surface area contributed by atoms with Crippen LogP contribution in [0.3, 0.4) is 0 Å². The van der Waals surface area contributed by atoms with Crippen molar-refractivity contribution in [2.75, 3.05) is 0 Å². The highest BCUT2D eigenvalue weighted by atomic mass is 16.5. The summed E-state index contributed by atoms with van der Waals surface area (Å²) in [5.41, 5.74) is 16.9. The number of rotatable bonds is 6. The van der Waals surface area contributed by atoms with E-state index >= 15 is 0 Å². The van der Waals surface area contributed by atoms with E-state index in [1.807, 2.05) is 48.7 Å². The van der Waals surface area contributed by atoms with Crippen LogP contribution in [0.15, 0.2) is 231 Å². The Morgan fingerprint density at radius 2 is 0.773 bits per heavy atom. The molecule has 5 heteroatoms. The third kappa shape index (κ3) is 6.01. The monoisotopic (exact) mass is 842 g/mol. The Morgan fingerprint density at radius 3 is 1.42 bits per heavy atom. The molecule has 1 aliphatic carbocycles. The number of pyridine rings is 1.